The molecule has 174 valence electrons. The molecule has 1 aromatic carbocycles. The number of piperazine rings is 1. The third kappa shape index (κ3) is 4.84. The minimum absolute atomic E-state index is 0.0618. The van der Waals surface area contributed by atoms with Gasteiger partial charge in [0.1, 0.15) is 11.4 Å². The molecule has 2 aliphatic heterocycles. The molecule has 2 aliphatic rings. The monoisotopic (exact) mass is 449 g/mol. The van der Waals surface area contributed by atoms with Crippen molar-refractivity contribution in [1.29, 1.82) is 0 Å². The summed E-state index contributed by atoms with van der Waals surface area (Å²) in [6.45, 7) is 10.9. The van der Waals surface area contributed by atoms with Crippen molar-refractivity contribution in [3.8, 4) is 5.75 Å². The van der Waals surface area contributed by atoms with Gasteiger partial charge in [-0.25, -0.2) is 9.97 Å². The van der Waals surface area contributed by atoms with E-state index in [9.17, 15) is 9.59 Å². The zero-order valence-electron chi connectivity index (χ0n) is 19.7. The molecule has 1 aromatic heterocycles. The molecule has 8 nitrogen and oxygen atoms in total. The lowest BCUT2D eigenvalue weighted by molar-refractivity contribution is -0.138. The Hall–Kier alpha value is -3.42. The summed E-state index contributed by atoms with van der Waals surface area (Å²) in [5.41, 5.74) is 1.70. The summed E-state index contributed by atoms with van der Waals surface area (Å²) in [7, 11) is 0. The first kappa shape index (κ1) is 22.8. The third-order valence-electron chi connectivity index (χ3n) is 5.64. The summed E-state index contributed by atoms with van der Waals surface area (Å²) in [6.07, 6.45) is 3.52. The van der Waals surface area contributed by atoms with Crippen molar-refractivity contribution in [2.24, 2.45) is 5.92 Å². The van der Waals surface area contributed by atoms with Crippen LogP contribution in [0.25, 0.3) is 5.57 Å². The fourth-order valence-electron chi connectivity index (χ4n) is 4.20. The van der Waals surface area contributed by atoms with Crippen molar-refractivity contribution in [3.05, 3.63) is 54.0 Å². The van der Waals surface area contributed by atoms with Gasteiger partial charge in [-0.2, -0.15) is 0 Å². The maximum Gasteiger partial charge on any atom is 0.277 e. The molecule has 0 bridgehead atoms. The molecule has 2 amide bonds. The van der Waals surface area contributed by atoms with Gasteiger partial charge >= 0.3 is 0 Å². The Kier molecular flexibility index (Phi) is 6.62. The van der Waals surface area contributed by atoms with Gasteiger partial charge in [-0.15, -0.1) is 0 Å². The smallest absolute Gasteiger partial charge is 0.277 e. The highest BCUT2D eigenvalue weighted by atomic mass is 16.5. The Balaban J connectivity index is 1.63. The molecule has 3 heterocycles. The molecule has 0 N–H and O–H groups in total. The van der Waals surface area contributed by atoms with E-state index in [4.69, 9.17) is 4.74 Å². The average molecular weight is 450 g/mol. The number of benzene rings is 1. The van der Waals surface area contributed by atoms with Crippen LogP contribution >= 0.6 is 0 Å². The Labute approximate surface area is 194 Å². The molecule has 0 radical (unpaired) electrons. The summed E-state index contributed by atoms with van der Waals surface area (Å²) >= 11 is 0. The van der Waals surface area contributed by atoms with Crippen LogP contribution < -0.4 is 9.64 Å². The van der Waals surface area contributed by atoms with E-state index in [1.807, 2.05) is 56.9 Å². The Morgan fingerprint density at radius 1 is 0.879 bits per heavy atom. The molecule has 33 heavy (non-hydrogen) atoms. The van der Waals surface area contributed by atoms with Gasteiger partial charge < -0.3 is 14.5 Å². The number of carbonyl (C=O) groups is 2. The Morgan fingerprint density at radius 2 is 1.48 bits per heavy atom. The van der Waals surface area contributed by atoms with Gasteiger partial charge in [0.2, 0.25) is 5.95 Å². The van der Waals surface area contributed by atoms with Gasteiger partial charge in [0.05, 0.1) is 11.7 Å². The number of amides is 2. The van der Waals surface area contributed by atoms with E-state index >= 15 is 0 Å². The molecular weight excluding hydrogens is 418 g/mol. The lowest BCUT2D eigenvalue weighted by Gasteiger charge is -2.36. The predicted octanol–water partition coefficient (Wildman–Crippen LogP) is 2.82. The number of anilines is 1. The lowest BCUT2D eigenvalue weighted by Crippen LogP contribution is -2.48. The topological polar surface area (TPSA) is 78.9 Å². The van der Waals surface area contributed by atoms with E-state index in [-0.39, 0.29) is 23.8 Å². The van der Waals surface area contributed by atoms with Crippen molar-refractivity contribution in [2.75, 3.05) is 37.6 Å². The largest absolute Gasteiger partial charge is 0.491 e. The van der Waals surface area contributed by atoms with Gasteiger partial charge in [0, 0.05) is 45.1 Å². The minimum Gasteiger partial charge on any atom is -0.491 e. The fraction of sp³-hybridized carbons (Fsp3) is 0.440. The van der Waals surface area contributed by atoms with Crippen LogP contribution in [0.15, 0.2) is 48.4 Å². The molecule has 0 unspecified atom stereocenters. The van der Waals surface area contributed by atoms with E-state index in [1.165, 1.54) is 4.90 Å². The molecule has 4 rings (SSSR count). The summed E-state index contributed by atoms with van der Waals surface area (Å²) in [5.74, 6) is 1.17. The number of rotatable bonds is 7. The average Bonchev–Trinajstić information content (AvgIpc) is 3.04. The number of hydrogen-bond acceptors (Lipinski definition) is 7. The van der Waals surface area contributed by atoms with Crippen LogP contribution in [0, 0.1) is 5.92 Å². The summed E-state index contributed by atoms with van der Waals surface area (Å²) in [6, 6.07) is 9.23. The van der Waals surface area contributed by atoms with E-state index in [0.717, 1.165) is 11.3 Å². The quantitative estimate of drug-likeness (QED) is 0.602. The molecule has 0 spiro atoms. The summed E-state index contributed by atoms with van der Waals surface area (Å²) in [4.78, 5) is 41.0. The number of imide groups is 1. The summed E-state index contributed by atoms with van der Waals surface area (Å²) in [5, 5.41) is 0. The molecule has 0 aliphatic carbocycles. The van der Waals surface area contributed by atoms with Gasteiger partial charge in [0.15, 0.2) is 0 Å². The van der Waals surface area contributed by atoms with E-state index < -0.39 is 0 Å². The number of hydrogen-bond donors (Lipinski definition) is 0. The molecule has 8 heteroatoms. The number of aromatic nitrogens is 2. The van der Waals surface area contributed by atoms with E-state index in [0.29, 0.717) is 49.9 Å². The first-order chi connectivity index (χ1) is 15.8. The number of nitrogens with zero attached hydrogens (tertiary/aromatic N) is 5. The predicted molar refractivity (Wildman–Crippen MR) is 127 cm³/mol. The van der Waals surface area contributed by atoms with Gasteiger partial charge in [-0.3, -0.25) is 14.5 Å². The number of ether oxygens (including phenoxy) is 1. The SMILES string of the molecule is CC(C)CN1C(=O)C(c2ccc(OC(C)C)cc2)=C(N2CCN(c3ncccn3)CC2)C1=O. The number of carbonyl (C=O) groups excluding carboxylic acids is 2. The molecule has 2 aromatic rings. The van der Waals surface area contributed by atoms with Crippen LogP contribution in [-0.4, -0.2) is 70.4 Å². The maximum absolute atomic E-state index is 13.4. The molecule has 1 saturated heterocycles. The van der Waals surface area contributed by atoms with Crippen LogP contribution in [-0.2, 0) is 9.59 Å². The Morgan fingerprint density at radius 3 is 2.06 bits per heavy atom. The van der Waals surface area contributed by atoms with Crippen molar-refractivity contribution in [1.82, 2.24) is 19.8 Å². The van der Waals surface area contributed by atoms with Crippen molar-refractivity contribution in [2.45, 2.75) is 33.8 Å². The van der Waals surface area contributed by atoms with Crippen molar-refractivity contribution >= 4 is 23.3 Å². The normalized spacial score (nSPS) is 17.1. The van der Waals surface area contributed by atoms with Crippen molar-refractivity contribution in [3.63, 3.8) is 0 Å². The Bertz CT molecular complexity index is 1030. The highest BCUT2D eigenvalue weighted by Crippen LogP contribution is 2.33. The first-order valence-corrected chi connectivity index (χ1v) is 11.5. The van der Waals surface area contributed by atoms with E-state index in [1.54, 1.807) is 18.5 Å². The zero-order chi connectivity index (χ0) is 23.5. The third-order valence-corrected chi connectivity index (χ3v) is 5.64. The van der Waals surface area contributed by atoms with Crippen LogP contribution in [0.5, 0.6) is 5.75 Å². The summed E-state index contributed by atoms with van der Waals surface area (Å²) < 4.78 is 5.74. The zero-order valence-corrected chi connectivity index (χ0v) is 19.7. The molecular formula is C25H31N5O3. The molecule has 1 fully saturated rings. The second-order valence-electron chi connectivity index (χ2n) is 9.05. The second-order valence-corrected chi connectivity index (χ2v) is 9.05. The standard InChI is InChI=1S/C25H31N5O3/c1-17(2)16-30-23(31)21(19-6-8-20(9-7-19)33-18(3)4)22(24(30)32)28-12-14-29(15-13-28)25-26-10-5-11-27-25/h5-11,17-18H,12-16H2,1-4H3. The fourth-order valence-corrected chi connectivity index (χ4v) is 4.20. The van der Waals surface area contributed by atoms with Gasteiger partial charge in [-0.1, -0.05) is 26.0 Å². The van der Waals surface area contributed by atoms with Crippen LogP contribution in [0.1, 0.15) is 33.3 Å². The van der Waals surface area contributed by atoms with Gasteiger partial charge in [0.25, 0.3) is 11.8 Å². The molecule has 0 saturated carbocycles. The van der Waals surface area contributed by atoms with Crippen LogP contribution in [0.2, 0.25) is 0 Å². The minimum atomic E-state index is -0.227. The van der Waals surface area contributed by atoms with Crippen LogP contribution in [0.3, 0.4) is 0 Å². The molecule has 0 atom stereocenters. The highest BCUT2D eigenvalue weighted by molar-refractivity contribution is 6.35. The first-order valence-electron chi connectivity index (χ1n) is 11.5. The second kappa shape index (κ2) is 9.60. The lowest BCUT2D eigenvalue weighted by atomic mass is 10.0. The maximum atomic E-state index is 13.4. The highest BCUT2D eigenvalue weighted by Gasteiger charge is 2.42. The van der Waals surface area contributed by atoms with E-state index in [2.05, 4.69) is 14.9 Å². The van der Waals surface area contributed by atoms with Gasteiger partial charge in [-0.05, 0) is 43.5 Å². The van der Waals surface area contributed by atoms with Crippen LogP contribution in [0.4, 0.5) is 5.95 Å². The van der Waals surface area contributed by atoms with Crippen molar-refractivity contribution < 1.29 is 14.3 Å².